The third kappa shape index (κ3) is 8.23. The number of ether oxygens (including phenoxy) is 1. The standard InChI is InChI=1S/C23H32N2O4/c1-23(2,3)29-22(28)25-19(14-17-10-6-4-7-11-17)21(27)15-24-20(16-26)18-12-8-5-9-13-18/h4-13,19-21,24,26-27H,14-16H2,1-3H3,(H,25,28)/t19-,20+,21+/m0/s1. The molecule has 0 bridgehead atoms. The molecule has 0 spiro atoms. The first kappa shape index (κ1) is 22.9. The van der Waals surface area contributed by atoms with E-state index in [-0.39, 0.29) is 19.2 Å². The van der Waals surface area contributed by atoms with Gasteiger partial charge in [0.2, 0.25) is 0 Å². The molecule has 4 N–H and O–H groups in total. The van der Waals surface area contributed by atoms with Crippen LogP contribution in [0.15, 0.2) is 60.7 Å². The van der Waals surface area contributed by atoms with Crippen LogP contribution in [0.1, 0.15) is 37.9 Å². The highest BCUT2D eigenvalue weighted by atomic mass is 16.6. The van der Waals surface area contributed by atoms with Crippen molar-refractivity contribution in [3.8, 4) is 0 Å². The fourth-order valence-corrected chi connectivity index (χ4v) is 2.99. The molecule has 29 heavy (non-hydrogen) atoms. The van der Waals surface area contributed by atoms with Crippen LogP contribution in [0.3, 0.4) is 0 Å². The van der Waals surface area contributed by atoms with Crippen LogP contribution in [0, 0.1) is 0 Å². The van der Waals surface area contributed by atoms with Gasteiger partial charge in [-0.15, -0.1) is 0 Å². The summed E-state index contributed by atoms with van der Waals surface area (Å²) in [5, 5.41) is 26.5. The van der Waals surface area contributed by atoms with Crippen LogP contribution < -0.4 is 10.6 Å². The quantitative estimate of drug-likeness (QED) is 0.520. The summed E-state index contributed by atoms with van der Waals surface area (Å²) in [6.07, 6.45) is -0.988. The second kappa shape index (κ2) is 11.0. The van der Waals surface area contributed by atoms with Crippen molar-refractivity contribution >= 4 is 6.09 Å². The van der Waals surface area contributed by atoms with E-state index in [1.165, 1.54) is 0 Å². The fraction of sp³-hybridized carbons (Fsp3) is 0.435. The molecule has 0 saturated carbocycles. The van der Waals surface area contributed by atoms with E-state index in [0.29, 0.717) is 6.42 Å². The Balaban J connectivity index is 2.04. The summed E-state index contributed by atoms with van der Waals surface area (Å²) in [4.78, 5) is 12.3. The highest BCUT2D eigenvalue weighted by Crippen LogP contribution is 2.13. The highest BCUT2D eigenvalue weighted by Gasteiger charge is 2.25. The van der Waals surface area contributed by atoms with Gasteiger partial charge in [0.15, 0.2) is 0 Å². The topological polar surface area (TPSA) is 90.8 Å². The number of aliphatic hydroxyl groups excluding tert-OH is 2. The number of carbonyl (C=O) groups is 1. The summed E-state index contributed by atoms with van der Waals surface area (Å²) in [5.41, 5.74) is 1.30. The molecule has 6 nitrogen and oxygen atoms in total. The van der Waals surface area contributed by atoms with E-state index in [2.05, 4.69) is 10.6 Å². The summed E-state index contributed by atoms with van der Waals surface area (Å²) < 4.78 is 5.35. The zero-order chi connectivity index (χ0) is 21.3. The maximum atomic E-state index is 12.3. The zero-order valence-corrected chi connectivity index (χ0v) is 17.3. The van der Waals surface area contributed by atoms with Crippen LogP contribution in [0.2, 0.25) is 0 Å². The largest absolute Gasteiger partial charge is 0.444 e. The minimum Gasteiger partial charge on any atom is -0.444 e. The molecule has 1 amide bonds. The van der Waals surface area contributed by atoms with Crippen LogP contribution in [-0.4, -0.2) is 47.2 Å². The van der Waals surface area contributed by atoms with Crippen molar-refractivity contribution in [2.45, 2.75) is 51.0 Å². The van der Waals surface area contributed by atoms with E-state index >= 15 is 0 Å². The molecule has 2 aromatic rings. The minimum atomic E-state index is -0.875. The molecule has 0 unspecified atom stereocenters. The molecule has 158 valence electrons. The Labute approximate surface area is 172 Å². The van der Waals surface area contributed by atoms with Gasteiger partial charge >= 0.3 is 6.09 Å². The average molecular weight is 401 g/mol. The van der Waals surface area contributed by atoms with E-state index < -0.39 is 23.8 Å². The Morgan fingerprint density at radius 2 is 1.62 bits per heavy atom. The molecule has 2 aromatic carbocycles. The number of nitrogens with one attached hydrogen (secondary N) is 2. The van der Waals surface area contributed by atoms with E-state index in [4.69, 9.17) is 4.74 Å². The molecule has 0 aliphatic carbocycles. The number of aliphatic hydroxyl groups is 2. The molecular formula is C23H32N2O4. The lowest BCUT2D eigenvalue weighted by molar-refractivity contribution is 0.0417. The molecule has 2 rings (SSSR count). The molecule has 0 aliphatic rings. The van der Waals surface area contributed by atoms with Crippen molar-refractivity contribution in [1.29, 1.82) is 0 Å². The molecule has 0 heterocycles. The van der Waals surface area contributed by atoms with E-state index in [0.717, 1.165) is 11.1 Å². The Bertz CT molecular complexity index is 732. The first-order valence-corrected chi connectivity index (χ1v) is 9.89. The maximum Gasteiger partial charge on any atom is 0.407 e. The first-order valence-electron chi connectivity index (χ1n) is 9.89. The van der Waals surface area contributed by atoms with E-state index in [1.807, 2.05) is 60.7 Å². The number of hydrogen-bond donors (Lipinski definition) is 4. The van der Waals surface area contributed by atoms with Crippen LogP contribution >= 0.6 is 0 Å². The summed E-state index contributed by atoms with van der Waals surface area (Å²) in [6.45, 7) is 5.49. The Morgan fingerprint density at radius 3 is 2.17 bits per heavy atom. The minimum absolute atomic E-state index is 0.0976. The van der Waals surface area contributed by atoms with Crippen molar-refractivity contribution in [1.82, 2.24) is 10.6 Å². The van der Waals surface area contributed by atoms with Crippen molar-refractivity contribution in [3.05, 3.63) is 71.8 Å². The second-order valence-corrected chi connectivity index (χ2v) is 8.06. The van der Waals surface area contributed by atoms with Gasteiger partial charge in [-0.1, -0.05) is 60.7 Å². The van der Waals surface area contributed by atoms with Gasteiger partial charge in [-0.2, -0.15) is 0 Å². The third-order valence-electron chi connectivity index (χ3n) is 4.42. The molecule has 0 radical (unpaired) electrons. The third-order valence-corrected chi connectivity index (χ3v) is 4.42. The maximum absolute atomic E-state index is 12.3. The summed E-state index contributed by atoms with van der Waals surface area (Å²) >= 11 is 0. The van der Waals surface area contributed by atoms with Crippen LogP contribution in [0.4, 0.5) is 4.79 Å². The normalized spacial score (nSPS) is 14.7. The number of alkyl carbamates (subject to hydrolysis) is 1. The predicted molar refractivity (Wildman–Crippen MR) is 114 cm³/mol. The lowest BCUT2D eigenvalue weighted by atomic mass is 10.0. The molecule has 6 heteroatoms. The Kier molecular flexibility index (Phi) is 8.64. The van der Waals surface area contributed by atoms with Gasteiger partial charge in [-0.25, -0.2) is 4.79 Å². The van der Waals surface area contributed by atoms with Gasteiger partial charge < -0.3 is 25.6 Å². The lowest BCUT2D eigenvalue weighted by Crippen LogP contribution is -2.50. The summed E-state index contributed by atoms with van der Waals surface area (Å²) in [5.74, 6) is 0. The van der Waals surface area contributed by atoms with Crippen LogP contribution in [-0.2, 0) is 11.2 Å². The molecular weight excluding hydrogens is 368 g/mol. The molecule has 0 aliphatic heterocycles. The number of rotatable bonds is 9. The van der Waals surface area contributed by atoms with Crippen molar-refractivity contribution in [3.63, 3.8) is 0 Å². The Hall–Kier alpha value is -2.41. The lowest BCUT2D eigenvalue weighted by Gasteiger charge is -2.28. The van der Waals surface area contributed by atoms with E-state index in [1.54, 1.807) is 20.8 Å². The van der Waals surface area contributed by atoms with Crippen molar-refractivity contribution in [2.75, 3.05) is 13.2 Å². The second-order valence-electron chi connectivity index (χ2n) is 8.06. The highest BCUT2D eigenvalue weighted by molar-refractivity contribution is 5.68. The van der Waals surface area contributed by atoms with E-state index in [9.17, 15) is 15.0 Å². The molecule has 3 atom stereocenters. The van der Waals surface area contributed by atoms with Crippen LogP contribution in [0.5, 0.6) is 0 Å². The zero-order valence-electron chi connectivity index (χ0n) is 17.3. The summed E-state index contributed by atoms with van der Waals surface area (Å²) in [7, 11) is 0. The van der Waals surface area contributed by atoms with Gasteiger partial charge in [0.05, 0.1) is 24.8 Å². The Morgan fingerprint density at radius 1 is 1.03 bits per heavy atom. The predicted octanol–water partition coefficient (Wildman–Crippen LogP) is 2.81. The number of amides is 1. The first-order chi connectivity index (χ1) is 13.8. The van der Waals surface area contributed by atoms with Crippen molar-refractivity contribution < 1.29 is 19.7 Å². The monoisotopic (exact) mass is 400 g/mol. The van der Waals surface area contributed by atoms with Gasteiger partial charge in [0.25, 0.3) is 0 Å². The fourth-order valence-electron chi connectivity index (χ4n) is 2.99. The van der Waals surface area contributed by atoms with Gasteiger partial charge in [-0.3, -0.25) is 0 Å². The van der Waals surface area contributed by atoms with Crippen LogP contribution in [0.25, 0.3) is 0 Å². The molecule has 0 saturated heterocycles. The molecule has 0 fully saturated rings. The number of carbonyl (C=O) groups excluding carboxylic acids is 1. The van der Waals surface area contributed by atoms with Crippen molar-refractivity contribution in [2.24, 2.45) is 0 Å². The average Bonchev–Trinajstić information content (AvgIpc) is 2.68. The number of benzene rings is 2. The van der Waals surface area contributed by atoms with Gasteiger partial charge in [0.1, 0.15) is 5.60 Å². The van der Waals surface area contributed by atoms with Gasteiger partial charge in [-0.05, 0) is 38.3 Å². The SMILES string of the molecule is CC(C)(C)OC(=O)N[C@@H](Cc1ccccc1)[C@H](O)CN[C@H](CO)c1ccccc1. The van der Waals surface area contributed by atoms with Gasteiger partial charge in [0, 0.05) is 6.54 Å². The number of hydrogen-bond acceptors (Lipinski definition) is 5. The molecule has 0 aromatic heterocycles. The smallest absolute Gasteiger partial charge is 0.407 e. The summed E-state index contributed by atoms with van der Waals surface area (Å²) in [6, 6.07) is 18.4.